The number of alkyl halides is 6. The summed E-state index contributed by atoms with van der Waals surface area (Å²) in [7, 11) is -3.58. The first-order chi connectivity index (χ1) is 16.7. The van der Waals surface area contributed by atoms with Crippen molar-refractivity contribution >= 4 is 21.2 Å². The molecule has 0 spiro atoms. The van der Waals surface area contributed by atoms with E-state index in [9.17, 15) is 34.8 Å². The van der Waals surface area contributed by atoms with Gasteiger partial charge in [-0.2, -0.15) is 31.4 Å². The first-order valence-corrected chi connectivity index (χ1v) is 12.7. The van der Waals surface area contributed by atoms with Gasteiger partial charge in [0.15, 0.2) is 21.3 Å². The molecule has 0 atom stereocenters. The van der Waals surface area contributed by atoms with Crippen molar-refractivity contribution in [2.45, 2.75) is 36.3 Å². The summed E-state index contributed by atoms with van der Waals surface area (Å²) in [5, 5.41) is 2.74. The van der Waals surface area contributed by atoms with E-state index in [4.69, 9.17) is 0 Å². The smallest absolute Gasteiger partial charge is 0.237 e. The van der Waals surface area contributed by atoms with E-state index in [0.29, 0.717) is 27.3 Å². The second-order valence-electron chi connectivity index (χ2n) is 7.98. The number of rotatable bonds is 5. The van der Waals surface area contributed by atoms with Crippen LogP contribution in [0.25, 0.3) is 26.8 Å². The van der Waals surface area contributed by atoms with Gasteiger partial charge in [0.1, 0.15) is 5.56 Å². The molecule has 5 nitrogen and oxygen atoms in total. The molecule has 36 heavy (non-hydrogen) atoms. The number of hydrogen-bond donors (Lipinski definition) is 0. The third kappa shape index (κ3) is 4.89. The Morgan fingerprint density at radius 3 is 2.22 bits per heavy atom. The molecule has 3 heterocycles. The Balaban J connectivity index is 1.86. The molecule has 0 aliphatic carbocycles. The topological polar surface area (TPSA) is 64.8 Å². The van der Waals surface area contributed by atoms with E-state index in [1.165, 1.54) is 32.0 Å². The highest BCUT2D eigenvalue weighted by Crippen LogP contribution is 2.40. The van der Waals surface area contributed by atoms with Crippen LogP contribution in [-0.4, -0.2) is 28.4 Å². The van der Waals surface area contributed by atoms with Crippen LogP contribution in [0.15, 0.2) is 65.7 Å². The van der Waals surface area contributed by atoms with Crippen LogP contribution < -0.4 is 0 Å². The van der Waals surface area contributed by atoms with Gasteiger partial charge in [0, 0.05) is 11.1 Å². The number of aromatic nitrogens is 3. The van der Waals surface area contributed by atoms with Gasteiger partial charge in [-0.1, -0.05) is 12.1 Å². The summed E-state index contributed by atoms with van der Waals surface area (Å²) < 4.78 is 107. The minimum atomic E-state index is -4.91. The van der Waals surface area contributed by atoms with E-state index in [2.05, 4.69) is 10.1 Å². The van der Waals surface area contributed by atoms with E-state index in [1.54, 1.807) is 18.2 Å². The second-order valence-corrected chi connectivity index (χ2v) is 11.6. The monoisotopic (exact) mass is 545 g/mol. The molecule has 4 aromatic rings. The number of thiophene rings is 1. The largest absolute Gasteiger partial charge is 0.435 e. The molecule has 13 heteroatoms. The van der Waals surface area contributed by atoms with Crippen LogP contribution in [0, 0.1) is 0 Å². The van der Waals surface area contributed by atoms with Crippen LogP contribution in [0.2, 0.25) is 0 Å². The number of benzene rings is 1. The summed E-state index contributed by atoms with van der Waals surface area (Å²) >= 11 is 0.981. The minimum Gasteiger partial charge on any atom is -0.237 e. The second kappa shape index (κ2) is 9.04. The van der Waals surface area contributed by atoms with Crippen LogP contribution >= 0.6 is 11.3 Å². The van der Waals surface area contributed by atoms with E-state index < -0.39 is 44.5 Å². The maximum absolute atomic E-state index is 13.6. The zero-order chi connectivity index (χ0) is 26.5. The molecule has 0 aliphatic heterocycles. The fourth-order valence-corrected chi connectivity index (χ4v) is 5.48. The van der Waals surface area contributed by atoms with E-state index in [0.717, 1.165) is 23.6 Å². The first kappa shape index (κ1) is 25.9. The van der Waals surface area contributed by atoms with Gasteiger partial charge in [-0.25, -0.2) is 18.1 Å². The molecular formula is C23H17F6N3O2S2. The summed E-state index contributed by atoms with van der Waals surface area (Å²) in [5.74, 6) is -0.796. The molecule has 0 unspecified atom stereocenters. The van der Waals surface area contributed by atoms with E-state index in [-0.39, 0.29) is 15.5 Å². The summed E-state index contributed by atoms with van der Waals surface area (Å²) in [6, 6.07) is 11.4. The van der Waals surface area contributed by atoms with Crippen molar-refractivity contribution in [2.75, 3.05) is 0 Å². The van der Waals surface area contributed by atoms with Crippen LogP contribution in [-0.2, 0) is 22.2 Å². The SMILES string of the molecule is CC(C)S(=O)(=O)c1cccc(-c2ccc(-c3cc(C(F)(F)F)nn3-c3ncccc3C(F)(F)F)s2)c1. The Bertz CT molecular complexity index is 1520. The van der Waals surface area contributed by atoms with Crippen molar-refractivity contribution in [3.63, 3.8) is 0 Å². The molecular weight excluding hydrogens is 528 g/mol. The van der Waals surface area contributed by atoms with Crippen molar-refractivity contribution in [3.8, 4) is 26.8 Å². The lowest BCUT2D eigenvalue weighted by molar-refractivity contribution is -0.141. The molecule has 0 amide bonds. The average molecular weight is 546 g/mol. The Morgan fingerprint density at radius 1 is 0.889 bits per heavy atom. The molecule has 4 rings (SSSR count). The molecule has 3 aromatic heterocycles. The van der Waals surface area contributed by atoms with Gasteiger partial charge in [-0.05, 0) is 61.9 Å². The Morgan fingerprint density at radius 2 is 1.58 bits per heavy atom. The minimum absolute atomic E-state index is 0.0812. The number of nitrogens with zero attached hydrogens (tertiary/aromatic N) is 3. The van der Waals surface area contributed by atoms with Crippen molar-refractivity contribution in [1.82, 2.24) is 14.8 Å². The first-order valence-electron chi connectivity index (χ1n) is 10.3. The van der Waals surface area contributed by atoms with E-state index in [1.807, 2.05) is 0 Å². The van der Waals surface area contributed by atoms with Gasteiger partial charge >= 0.3 is 12.4 Å². The molecule has 1 aromatic carbocycles. The highest BCUT2D eigenvalue weighted by Gasteiger charge is 2.39. The molecule has 0 N–H and O–H groups in total. The molecule has 0 saturated carbocycles. The van der Waals surface area contributed by atoms with Gasteiger partial charge < -0.3 is 0 Å². The molecule has 0 bridgehead atoms. The van der Waals surface area contributed by atoms with Gasteiger partial charge in [-0.15, -0.1) is 11.3 Å². The predicted molar refractivity (Wildman–Crippen MR) is 122 cm³/mol. The average Bonchev–Trinajstić information content (AvgIpc) is 3.46. The number of sulfone groups is 1. The predicted octanol–water partition coefficient (Wildman–Crippen LogP) is 6.88. The van der Waals surface area contributed by atoms with Crippen LogP contribution in [0.4, 0.5) is 26.3 Å². The Labute approximate surface area is 206 Å². The highest BCUT2D eigenvalue weighted by atomic mass is 32.2. The summed E-state index contributed by atoms with van der Waals surface area (Å²) in [4.78, 5) is 4.44. The highest BCUT2D eigenvalue weighted by molar-refractivity contribution is 7.92. The van der Waals surface area contributed by atoms with Gasteiger partial charge in [0.25, 0.3) is 0 Å². The lowest BCUT2D eigenvalue weighted by atomic mass is 10.2. The van der Waals surface area contributed by atoms with Crippen LogP contribution in [0.1, 0.15) is 25.1 Å². The lowest BCUT2D eigenvalue weighted by Crippen LogP contribution is -2.14. The Kier molecular flexibility index (Phi) is 6.50. The van der Waals surface area contributed by atoms with Gasteiger partial charge in [-0.3, -0.25) is 0 Å². The molecule has 0 fully saturated rings. The van der Waals surface area contributed by atoms with E-state index >= 15 is 0 Å². The normalized spacial score (nSPS) is 12.9. The van der Waals surface area contributed by atoms with Crippen molar-refractivity contribution < 1.29 is 34.8 Å². The summed E-state index contributed by atoms with van der Waals surface area (Å²) in [6.45, 7) is 3.08. The fraction of sp³-hybridized carbons (Fsp3) is 0.217. The van der Waals surface area contributed by atoms with Gasteiger partial charge in [0.05, 0.1) is 20.7 Å². The maximum Gasteiger partial charge on any atom is 0.435 e. The van der Waals surface area contributed by atoms with Crippen molar-refractivity contribution in [3.05, 3.63) is 72.1 Å². The number of halogens is 6. The molecule has 0 saturated heterocycles. The summed E-state index contributed by atoms with van der Waals surface area (Å²) in [5.41, 5.74) is -2.37. The lowest BCUT2D eigenvalue weighted by Gasteiger charge is -2.13. The molecule has 0 aliphatic rings. The van der Waals surface area contributed by atoms with Crippen LogP contribution in [0.5, 0.6) is 0 Å². The number of hydrogen-bond acceptors (Lipinski definition) is 5. The number of pyridine rings is 1. The standard InChI is InChI=1S/C23H17F6N3O2S2/c1-13(2)36(33,34)15-6-3-5-14(11-15)18-8-9-19(35-18)17-12-20(23(27,28)29)31-32(17)21-16(22(24,25)26)7-4-10-30-21/h3-13H,1-2H3. The Hall–Kier alpha value is -3.19. The molecule has 190 valence electrons. The van der Waals surface area contributed by atoms with Crippen molar-refractivity contribution in [2.24, 2.45) is 0 Å². The maximum atomic E-state index is 13.6. The zero-order valence-electron chi connectivity index (χ0n) is 18.6. The fourth-order valence-electron chi connectivity index (χ4n) is 3.37. The summed E-state index contributed by atoms with van der Waals surface area (Å²) in [6.07, 6.45) is -8.76. The zero-order valence-corrected chi connectivity index (χ0v) is 20.2. The third-order valence-electron chi connectivity index (χ3n) is 5.22. The van der Waals surface area contributed by atoms with Crippen molar-refractivity contribution in [1.29, 1.82) is 0 Å². The van der Waals surface area contributed by atoms with Gasteiger partial charge in [0.2, 0.25) is 0 Å². The third-order valence-corrected chi connectivity index (χ3v) is 8.53. The van der Waals surface area contributed by atoms with Crippen LogP contribution in [0.3, 0.4) is 0 Å². The quantitative estimate of drug-likeness (QED) is 0.257. The molecule has 0 radical (unpaired) electrons.